The van der Waals surface area contributed by atoms with Gasteiger partial charge in [0, 0.05) is 12.6 Å². The molecular formula is C16H16ClN3O3. The van der Waals surface area contributed by atoms with E-state index < -0.39 is 6.10 Å². The van der Waals surface area contributed by atoms with Gasteiger partial charge in [-0.3, -0.25) is 14.5 Å². The number of anilines is 1. The highest BCUT2D eigenvalue weighted by Crippen LogP contribution is 2.17. The highest BCUT2D eigenvalue weighted by Gasteiger charge is 2.21. The number of benzene rings is 1. The SMILES string of the molecule is CC(=O)c1cccc(O[C@H](C)C(=O)N(C)c2ccc(Cl)nn2)c1. The minimum absolute atomic E-state index is 0.0667. The smallest absolute Gasteiger partial charge is 0.268 e. The van der Waals surface area contributed by atoms with E-state index in [1.807, 2.05) is 0 Å². The molecule has 23 heavy (non-hydrogen) atoms. The van der Waals surface area contributed by atoms with Crippen molar-refractivity contribution in [2.24, 2.45) is 0 Å². The molecule has 0 aliphatic rings. The van der Waals surface area contributed by atoms with Crippen molar-refractivity contribution in [3.05, 3.63) is 47.1 Å². The number of carbonyl (C=O) groups is 2. The lowest BCUT2D eigenvalue weighted by molar-refractivity contribution is -0.124. The Hall–Kier alpha value is -2.47. The van der Waals surface area contributed by atoms with E-state index in [0.717, 1.165) is 0 Å². The summed E-state index contributed by atoms with van der Waals surface area (Å²) in [6, 6.07) is 9.84. The van der Waals surface area contributed by atoms with Crippen LogP contribution in [0.5, 0.6) is 5.75 Å². The number of ketones is 1. The van der Waals surface area contributed by atoms with E-state index in [0.29, 0.717) is 17.1 Å². The molecule has 0 unspecified atom stereocenters. The van der Waals surface area contributed by atoms with Crippen LogP contribution in [0.2, 0.25) is 5.15 Å². The van der Waals surface area contributed by atoms with Crippen molar-refractivity contribution in [2.75, 3.05) is 11.9 Å². The third-order valence-corrected chi connectivity index (χ3v) is 3.39. The second-order valence-corrected chi connectivity index (χ2v) is 5.34. The molecule has 2 aromatic rings. The van der Waals surface area contributed by atoms with Gasteiger partial charge in [0.15, 0.2) is 22.9 Å². The molecule has 0 bridgehead atoms. The highest BCUT2D eigenvalue weighted by atomic mass is 35.5. The summed E-state index contributed by atoms with van der Waals surface area (Å²) < 4.78 is 5.62. The van der Waals surface area contributed by atoms with E-state index in [-0.39, 0.29) is 16.8 Å². The van der Waals surface area contributed by atoms with Crippen LogP contribution in [0, 0.1) is 0 Å². The number of hydrogen-bond acceptors (Lipinski definition) is 5. The van der Waals surface area contributed by atoms with E-state index in [4.69, 9.17) is 16.3 Å². The lowest BCUT2D eigenvalue weighted by Crippen LogP contribution is -2.38. The normalized spacial score (nSPS) is 11.7. The van der Waals surface area contributed by atoms with E-state index in [2.05, 4.69) is 10.2 Å². The van der Waals surface area contributed by atoms with Crippen molar-refractivity contribution in [3.8, 4) is 5.75 Å². The predicted molar refractivity (Wildman–Crippen MR) is 87.0 cm³/mol. The fraction of sp³-hybridized carbons (Fsp3) is 0.250. The Morgan fingerprint density at radius 1 is 1.22 bits per heavy atom. The Morgan fingerprint density at radius 2 is 1.96 bits per heavy atom. The molecule has 0 spiro atoms. The Labute approximate surface area is 139 Å². The molecular weight excluding hydrogens is 318 g/mol. The molecule has 2 rings (SSSR count). The molecule has 1 heterocycles. The lowest BCUT2D eigenvalue weighted by atomic mass is 10.1. The first kappa shape index (κ1) is 16.9. The molecule has 1 amide bonds. The van der Waals surface area contributed by atoms with Gasteiger partial charge in [0.25, 0.3) is 5.91 Å². The fourth-order valence-corrected chi connectivity index (χ4v) is 2.02. The van der Waals surface area contributed by atoms with Gasteiger partial charge in [0.05, 0.1) is 0 Å². The first-order valence-electron chi connectivity index (χ1n) is 6.93. The summed E-state index contributed by atoms with van der Waals surface area (Å²) in [6.07, 6.45) is -0.750. The molecule has 0 N–H and O–H groups in total. The predicted octanol–water partition coefficient (Wildman–Crippen LogP) is 2.76. The van der Waals surface area contributed by atoms with Crippen LogP contribution in [0.3, 0.4) is 0 Å². The first-order chi connectivity index (χ1) is 10.9. The molecule has 6 nitrogen and oxygen atoms in total. The maximum absolute atomic E-state index is 12.4. The minimum atomic E-state index is -0.750. The number of ether oxygens (including phenoxy) is 1. The maximum Gasteiger partial charge on any atom is 0.268 e. The van der Waals surface area contributed by atoms with E-state index in [1.54, 1.807) is 50.4 Å². The highest BCUT2D eigenvalue weighted by molar-refractivity contribution is 6.29. The summed E-state index contributed by atoms with van der Waals surface area (Å²) in [5.74, 6) is 0.458. The number of likely N-dealkylation sites (N-methyl/N-ethyl adjacent to an activating group) is 1. The third kappa shape index (κ3) is 4.26. The summed E-state index contributed by atoms with van der Waals surface area (Å²) in [6.45, 7) is 3.10. The average molecular weight is 334 g/mol. The zero-order chi connectivity index (χ0) is 17.0. The monoisotopic (exact) mass is 333 g/mol. The summed E-state index contributed by atoms with van der Waals surface area (Å²) >= 11 is 5.68. The van der Waals surface area contributed by atoms with Crippen LogP contribution in [-0.2, 0) is 4.79 Å². The number of rotatable bonds is 5. The number of halogens is 1. The first-order valence-corrected chi connectivity index (χ1v) is 7.30. The van der Waals surface area contributed by atoms with Gasteiger partial charge in [-0.1, -0.05) is 23.7 Å². The Balaban J connectivity index is 2.09. The van der Waals surface area contributed by atoms with Gasteiger partial charge in [-0.15, -0.1) is 10.2 Å². The number of aromatic nitrogens is 2. The molecule has 0 radical (unpaired) electrons. The van der Waals surface area contributed by atoms with Crippen LogP contribution in [0.4, 0.5) is 5.82 Å². The lowest BCUT2D eigenvalue weighted by Gasteiger charge is -2.21. The minimum Gasteiger partial charge on any atom is -0.481 e. The second kappa shape index (κ2) is 7.19. The van der Waals surface area contributed by atoms with Crippen molar-refractivity contribution in [1.29, 1.82) is 0 Å². The molecule has 1 atom stereocenters. The van der Waals surface area contributed by atoms with Crippen LogP contribution in [0.25, 0.3) is 0 Å². The molecule has 7 heteroatoms. The van der Waals surface area contributed by atoms with E-state index in [1.165, 1.54) is 11.8 Å². The Bertz CT molecular complexity index is 719. The zero-order valence-corrected chi connectivity index (χ0v) is 13.7. The quantitative estimate of drug-likeness (QED) is 0.787. The molecule has 120 valence electrons. The summed E-state index contributed by atoms with van der Waals surface area (Å²) in [5, 5.41) is 7.80. The maximum atomic E-state index is 12.4. The topological polar surface area (TPSA) is 72.4 Å². The third-order valence-electron chi connectivity index (χ3n) is 3.19. The molecule has 0 aliphatic heterocycles. The number of Topliss-reactive ketones (excluding diaryl/α,β-unsaturated/α-hetero) is 1. The summed E-state index contributed by atoms with van der Waals surface area (Å²) in [4.78, 5) is 25.1. The van der Waals surface area contributed by atoms with Gasteiger partial charge in [-0.25, -0.2) is 0 Å². The molecule has 0 aliphatic carbocycles. The molecule has 1 aromatic heterocycles. The zero-order valence-electron chi connectivity index (χ0n) is 13.0. The van der Waals surface area contributed by atoms with Crippen LogP contribution in [-0.4, -0.2) is 35.0 Å². The van der Waals surface area contributed by atoms with E-state index >= 15 is 0 Å². The van der Waals surface area contributed by atoms with Crippen LogP contribution in [0.1, 0.15) is 24.2 Å². The number of hydrogen-bond donors (Lipinski definition) is 0. The van der Waals surface area contributed by atoms with E-state index in [9.17, 15) is 9.59 Å². The van der Waals surface area contributed by atoms with Gasteiger partial charge in [0.1, 0.15) is 5.75 Å². The van der Waals surface area contributed by atoms with Crippen LogP contribution >= 0.6 is 11.6 Å². The van der Waals surface area contributed by atoms with Crippen LogP contribution < -0.4 is 9.64 Å². The molecule has 0 fully saturated rings. The van der Waals surface area contributed by atoms with Gasteiger partial charge in [-0.2, -0.15) is 0 Å². The van der Waals surface area contributed by atoms with Crippen molar-refractivity contribution in [3.63, 3.8) is 0 Å². The van der Waals surface area contributed by atoms with Gasteiger partial charge < -0.3 is 4.74 Å². The van der Waals surface area contributed by atoms with Crippen LogP contribution in [0.15, 0.2) is 36.4 Å². The van der Waals surface area contributed by atoms with Crippen molar-refractivity contribution < 1.29 is 14.3 Å². The average Bonchev–Trinajstić information content (AvgIpc) is 2.54. The fourth-order valence-electron chi connectivity index (χ4n) is 1.92. The number of carbonyl (C=O) groups excluding carboxylic acids is 2. The Kier molecular flexibility index (Phi) is 5.28. The number of amides is 1. The van der Waals surface area contributed by atoms with Gasteiger partial charge in [0.2, 0.25) is 0 Å². The van der Waals surface area contributed by atoms with Gasteiger partial charge in [-0.05, 0) is 38.1 Å². The molecule has 1 aromatic carbocycles. The largest absolute Gasteiger partial charge is 0.481 e. The standard InChI is InChI=1S/C16H16ClN3O3/c1-10(21)12-5-4-6-13(9-12)23-11(2)16(22)20(3)15-8-7-14(17)18-19-15/h4-9,11H,1-3H3/t11-/m1/s1. The summed E-state index contributed by atoms with van der Waals surface area (Å²) in [7, 11) is 1.58. The van der Waals surface area contributed by atoms with Crippen molar-refractivity contribution in [1.82, 2.24) is 10.2 Å². The molecule has 0 saturated carbocycles. The number of nitrogens with zero attached hydrogens (tertiary/aromatic N) is 3. The van der Waals surface area contributed by atoms with Crippen molar-refractivity contribution in [2.45, 2.75) is 20.0 Å². The molecule has 0 saturated heterocycles. The van der Waals surface area contributed by atoms with Crippen molar-refractivity contribution >= 4 is 29.1 Å². The van der Waals surface area contributed by atoms with Gasteiger partial charge >= 0.3 is 0 Å². The Morgan fingerprint density at radius 3 is 2.57 bits per heavy atom. The summed E-state index contributed by atoms with van der Waals surface area (Å²) in [5.41, 5.74) is 0.527. The second-order valence-electron chi connectivity index (χ2n) is 4.96.